The Morgan fingerprint density at radius 2 is 2.05 bits per heavy atom. The van der Waals surface area contributed by atoms with Gasteiger partial charge in [0.15, 0.2) is 0 Å². The van der Waals surface area contributed by atoms with Crippen molar-refractivity contribution in [2.75, 3.05) is 6.61 Å². The fraction of sp³-hybridized carbons (Fsp3) is 0.533. The van der Waals surface area contributed by atoms with E-state index in [1.165, 1.54) is 4.88 Å². The van der Waals surface area contributed by atoms with E-state index in [0.29, 0.717) is 19.0 Å². The molecule has 0 atom stereocenters. The monoisotopic (exact) mass is 306 g/mol. The van der Waals surface area contributed by atoms with Gasteiger partial charge in [-0.25, -0.2) is 4.98 Å². The molecule has 114 valence electrons. The molecule has 0 aliphatic heterocycles. The van der Waals surface area contributed by atoms with Crippen molar-refractivity contribution in [1.82, 2.24) is 20.5 Å². The van der Waals surface area contributed by atoms with Gasteiger partial charge in [0.25, 0.3) is 0 Å². The van der Waals surface area contributed by atoms with Crippen LogP contribution in [0.3, 0.4) is 0 Å². The molecule has 1 N–H and O–H groups in total. The van der Waals surface area contributed by atoms with Crippen LogP contribution in [0.1, 0.15) is 37.0 Å². The number of ether oxygens (including phenoxy) is 1. The molecule has 0 aliphatic carbocycles. The van der Waals surface area contributed by atoms with Gasteiger partial charge >= 0.3 is 0 Å². The summed E-state index contributed by atoms with van der Waals surface area (Å²) in [6.45, 7) is 9.69. The predicted molar refractivity (Wildman–Crippen MR) is 84.7 cm³/mol. The molecule has 0 radical (unpaired) electrons. The summed E-state index contributed by atoms with van der Waals surface area (Å²) in [4.78, 5) is 5.48. The Balaban J connectivity index is 1.78. The highest BCUT2D eigenvalue weighted by Gasteiger charge is 2.09. The topological polar surface area (TPSA) is 59.9 Å². The second-order valence-corrected chi connectivity index (χ2v) is 6.87. The molecule has 2 aromatic rings. The van der Waals surface area contributed by atoms with Gasteiger partial charge in [-0.1, -0.05) is 0 Å². The molecule has 0 amide bonds. The van der Waals surface area contributed by atoms with Crippen molar-refractivity contribution in [2.45, 2.75) is 46.2 Å². The van der Waals surface area contributed by atoms with Gasteiger partial charge in [-0.3, -0.25) is 0 Å². The Morgan fingerprint density at radius 3 is 2.62 bits per heavy atom. The smallest absolute Gasteiger partial charge is 0.233 e. The number of thiazole rings is 1. The van der Waals surface area contributed by atoms with E-state index >= 15 is 0 Å². The van der Waals surface area contributed by atoms with E-state index < -0.39 is 0 Å². The second-order valence-electron chi connectivity index (χ2n) is 5.93. The Hall–Kier alpha value is -1.53. The Labute approximate surface area is 129 Å². The maximum Gasteiger partial charge on any atom is 0.233 e. The summed E-state index contributed by atoms with van der Waals surface area (Å²) >= 11 is 1.66. The molecular weight excluding hydrogens is 284 g/mol. The largest absolute Gasteiger partial charge is 0.476 e. The van der Waals surface area contributed by atoms with Crippen LogP contribution in [0.4, 0.5) is 0 Å². The normalized spacial score (nSPS) is 11.6. The third kappa shape index (κ3) is 5.40. The first kappa shape index (κ1) is 15.9. The highest BCUT2D eigenvalue weighted by atomic mass is 32.1. The number of nitrogens with zero attached hydrogens (tertiary/aromatic N) is 3. The van der Waals surface area contributed by atoms with Crippen LogP contribution in [0.15, 0.2) is 17.6 Å². The minimum Gasteiger partial charge on any atom is -0.476 e. The number of aryl methyl sites for hydroxylation is 1. The fourth-order valence-electron chi connectivity index (χ4n) is 1.69. The summed E-state index contributed by atoms with van der Waals surface area (Å²) in [7, 11) is 0. The van der Waals surface area contributed by atoms with Crippen LogP contribution in [0.25, 0.3) is 0 Å². The van der Waals surface area contributed by atoms with Crippen LogP contribution in [-0.4, -0.2) is 27.3 Å². The average molecular weight is 306 g/mol. The predicted octanol–water partition coefficient (Wildman–Crippen LogP) is 2.75. The summed E-state index contributed by atoms with van der Waals surface area (Å²) in [6.07, 6.45) is 0.853. The van der Waals surface area contributed by atoms with Crippen LogP contribution < -0.4 is 10.1 Å². The summed E-state index contributed by atoms with van der Waals surface area (Å²) in [5, 5.41) is 11.6. The van der Waals surface area contributed by atoms with E-state index in [0.717, 1.165) is 17.8 Å². The first-order valence-electron chi connectivity index (χ1n) is 7.03. The van der Waals surface area contributed by atoms with Crippen molar-refractivity contribution in [1.29, 1.82) is 0 Å². The van der Waals surface area contributed by atoms with E-state index in [4.69, 9.17) is 4.74 Å². The molecule has 2 rings (SSSR count). The summed E-state index contributed by atoms with van der Waals surface area (Å²) in [6, 6.07) is 3.81. The molecule has 0 aliphatic rings. The number of rotatable bonds is 6. The third-order valence-electron chi connectivity index (χ3n) is 2.92. The van der Waals surface area contributed by atoms with Crippen molar-refractivity contribution >= 4 is 11.3 Å². The molecule has 21 heavy (non-hydrogen) atoms. The van der Waals surface area contributed by atoms with E-state index in [-0.39, 0.29) is 5.54 Å². The van der Waals surface area contributed by atoms with E-state index in [9.17, 15) is 0 Å². The first-order valence-corrected chi connectivity index (χ1v) is 7.91. The summed E-state index contributed by atoms with van der Waals surface area (Å²) in [5.41, 5.74) is 3.93. The molecule has 2 heterocycles. The lowest BCUT2D eigenvalue weighted by atomic mass is 10.1. The van der Waals surface area contributed by atoms with Crippen LogP contribution in [-0.2, 0) is 13.0 Å². The molecule has 0 saturated carbocycles. The lowest BCUT2D eigenvalue weighted by Crippen LogP contribution is -2.35. The number of hydrogen-bond acceptors (Lipinski definition) is 6. The Bertz CT molecular complexity index is 560. The van der Waals surface area contributed by atoms with Gasteiger partial charge in [-0.2, -0.15) is 5.10 Å². The molecule has 0 saturated heterocycles. The zero-order chi connectivity index (χ0) is 15.3. The van der Waals surface area contributed by atoms with Crippen LogP contribution in [0.5, 0.6) is 5.88 Å². The van der Waals surface area contributed by atoms with Crippen molar-refractivity contribution in [3.63, 3.8) is 0 Å². The van der Waals surface area contributed by atoms with Gasteiger partial charge in [-0.05, 0) is 33.8 Å². The van der Waals surface area contributed by atoms with E-state index in [1.54, 1.807) is 11.3 Å². The minimum absolute atomic E-state index is 0.0729. The van der Waals surface area contributed by atoms with Crippen molar-refractivity contribution < 1.29 is 4.74 Å². The van der Waals surface area contributed by atoms with Gasteiger partial charge in [0.2, 0.25) is 5.88 Å². The maximum absolute atomic E-state index is 5.62. The zero-order valence-electron chi connectivity index (χ0n) is 13.0. The van der Waals surface area contributed by atoms with Crippen LogP contribution in [0, 0.1) is 6.92 Å². The highest BCUT2D eigenvalue weighted by molar-refractivity contribution is 7.09. The van der Waals surface area contributed by atoms with Crippen LogP contribution >= 0.6 is 11.3 Å². The van der Waals surface area contributed by atoms with E-state index in [2.05, 4.69) is 41.3 Å². The highest BCUT2D eigenvalue weighted by Crippen LogP contribution is 2.13. The number of aromatic nitrogens is 3. The molecule has 0 bridgehead atoms. The molecule has 2 aromatic heterocycles. The Kier molecular flexibility index (Phi) is 5.25. The molecule has 0 unspecified atom stereocenters. The Morgan fingerprint density at radius 1 is 1.24 bits per heavy atom. The molecule has 0 spiro atoms. The van der Waals surface area contributed by atoms with Gasteiger partial charge in [-0.15, -0.1) is 16.4 Å². The molecule has 6 heteroatoms. The number of hydrogen-bond donors (Lipinski definition) is 1. The fourth-order valence-corrected chi connectivity index (χ4v) is 2.45. The van der Waals surface area contributed by atoms with Gasteiger partial charge < -0.3 is 10.1 Å². The van der Waals surface area contributed by atoms with Gasteiger partial charge in [0.1, 0.15) is 0 Å². The zero-order valence-corrected chi connectivity index (χ0v) is 13.8. The van der Waals surface area contributed by atoms with Crippen molar-refractivity contribution in [2.24, 2.45) is 0 Å². The molecule has 0 fully saturated rings. The molecule has 0 aromatic carbocycles. The third-order valence-corrected chi connectivity index (χ3v) is 3.91. The summed E-state index contributed by atoms with van der Waals surface area (Å²) in [5.74, 6) is 0.566. The van der Waals surface area contributed by atoms with Gasteiger partial charge in [0.05, 0.1) is 23.5 Å². The SMILES string of the molecule is Cc1ncsc1CCOc1ccc(CNC(C)(C)C)nn1. The van der Waals surface area contributed by atoms with E-state index in [1.807, 2.05) is 24.6 Å². The second kappa shape index (κ2) is 6.95. The summed E-state index contributed by atoms with van der Waals surface area (Å²) < 4.78 is 5.62. The maximum atomic E-state index is 5.62. The lowest BCUT2D eigenvalue weighted by Gasteiger charge is -2.19. The first-order chi connectivity index (χ1) is 9.94. The van der Waals surface area contributed by atoms with Gasteiger partial charge in [0, 0.05) is 29.4 Å². The average Bonchev–Trinajstić information content (AvgIpc) is 2.83. The standard InChI is InChI=1S/C15H22N4OS/c1-11-13(21-10-16-11)7-8-20-14-6-5-12(18-19-14)9-17-15(2,3)4/h5-6,10,17H,7-9H2,1-4H3. The lowest BCUT2D eigenvalue weighted by molar-refractivity contribution is 0.305. The van der Waals surface area contributed by atoms with Crippen LogP contribution in [0.2, 0.25) is 0 Å². The minimum atomic E-state index is 0.0729. The van der Waals surface area contributed by atoms with Crippen molar-refractivity contribution in [3.05, 3.63) is 33.9 Å². The quantitative estimate of drug-likeness (QED) is 0.889. The molecule has 5 nitrogen and oxygen atoms in total. The molecular formula is C15H22N4OS. The van der Waals surface area contributed by atoms with Crippen molar-refractivity contribution in [3.8, 4) is 5.88 Å². The number of nitrogens with one attached hydrogen (secondary N) is 1.